The zero-order valence-corrected chi connectivity index (χ0v) is 17.6. The molecular formula is C28H22OSi. The van der Waals surface area contributed by atoms with Gasteiger partial charge in [-0.2, -0.15) is 0 Å². The molecule has 0 amide bonds. The van der Waals surface area contributed by atoms with Crippen molar-refractivity contribution >= 4 is 30.0 Å². The van der Waals surface area contributed by atoms with Crippen molar-refractivity contribution in [2.24, 2.45) is 0 Å². The fraction of sp³-hybridized carbons (Fsp3) is 0. The van der Waals surface area contributed by atoms with Crippen molar-refractivity contribution < 1.29 is 4.80 Å². The van der Waals surface area contributed by atoms with Gasteiger partial charge in [0.15, 0.2) is 0 Å². The standard InChI is InChI=1S/C28H22OSi/c29-30(26-19-6-2-7-20-26,27-21-8-3-9-22-27)28-23-13-12-18-25(28)17-11-10-16-24-14-4-1-5-15-24/h1-10,12-16,18-23,29H/b16-10+. The molecule has 144 valence electrons. The maximum Gasteiger partial charge on any atom is 0.286 e. The molecule has 30 heavy (non-hydrogen) atoms. The third-order valence-corrected chi connectivity index (χ3v) is 8.62. The van der Waals surface area contributed by atoms with Gasteiger partial charge in [-0.05, 0) is 39.3 Å². The second-order valence-corrected chi connectivity index (χ2v) is 10.1. The maximum atomic E-state index is 12.2. The van der Waals surface area contributed by atoms with Crippen LogP contribution in [-0.4, -0.2) is 13.1 Å². The summed E-state index contributed by atoms with van der Waals surface area (Å²) in [5, 5.41) is 2.80. The molecule has 4 aromatic carbocycles. The number of hydrogen-bond acceptors (Lipinski definition) is 1. The van der Waals surface area contributed by atoms with Crippen LogP contribution in [-0.2, 0) is 0 Å². The summed E-state index contributed by atoms with van der Waals surface area (Å²) in [5.74, 6) is 6.41. The van der Waals surface area contributed by atoms with E-state index < -0.39 is 8.32 Å². The molecule has 0 aliphatic rings. The summed E-state index contributed by atoms with van der Waals surface area (Å²) in [6.45, 7) is 0. The predicted molar refractivity (Wildman–Crippen MR) is 129 cm³/mol. The Bertz CT molecular complexity index is 1150. The molecule has 0 heterocycles. The minimum atomic E-state index is -3.17. The van der Waals surface area contributed by atoms with Crippen LogP contribution in [0.2, 0.25) is 0 Å². The summed E-state index contributed by atoms with van der Waals surface area (Å²) in [4.78, 5) is 12.2. The van der Waals surface area contributed by atoms with E-state index in [9.17, 15) is 4.80 Å². The van der Waals surface area contributed by atoms with E-state index in [0.29, 0.717) is 0 Å². The van der Waals surface area contributed by atoms with Gasteiger partial charge in [0.25, 0.3) is 8.32 Å². The molecule has 1 N–H and O–H groups in total. The zero-order valence-electron chi connectivity index (χ0n) is 16.6. The molecule has 0 saturated heterocycles. The molecule has 0 saturated carbocycles. The summed E-state index contributed by atoms with van der Waals surface area (Å²) < 4.78 is 0. The lowest BCUT2D eigenvalue weighted by atomic mass is 10.2. The van der Waals surface area contributed by atoms with Crippen molar-refractivity contribution in [3.63, 3.8) is 0 Å². The monoisotopic (exact) mass is 402 g/mol. The zero-order chi connectivity index (χ0) is 20.7. The third kappa shape index (κ3) is 4.18. The van der Waals surface area contributed by atoms with Gasteiger partial charge in [-0.25, -0.2) is 0 Å². The number of allylic oxidation sites excluding steroid dienone is 1. The van der Waals surface area contributed by atoms with Gasteiger partial charge in [-0.3, -0.25) is 0 Å². The molecule has 4 aromatic rings. The van der Waals surface area contributed by atoms with Crippen LogP contribution in [0.3, 0.4) is 0 Å². The summed E-state index contributed by atoms with van der Waals surface area (Å²) in [6.07, 6.45) is 3.85. The molecule has 0 bridgehead atoms. The predicted octanol–water partition coefficient (Wildman–Crippen LogP) is 3.71. The van der Waals surface area contributed by atoms with Crippen LogP contribution in [0.5, 0.6) is 0 Å². The Labute approximate surface area is 179 Å². The smallest absolute Gasteiger partial charge is 0.286 e. The van der Waals surface area contributed by atoms with E-state index in [1.807, 2.05) is 127 Å². The average Bonchev–Trinajstić information content (AvgIpc) is 2.83. The SMILES string of the molecule is O[Si](c1ccccc1)(c1ccccc1)c1ccccc1C#C/C=C/c1ccccc1. The molecule has 0 unspecified atom stereocenters. The summed E-state index contributed by atoms with van der Waals surface area (Å²) in [7, 11) is -3.17. The van der Waals surface area contributed by atoms with Gasteiger partial charge in [0.1, 0.15) is 0 Å². The molecule has 0 aliphatic carbocycles. The fourth-order valence-corrected chi connectivity index (χ4v) is 6.74. The Balaban J connectivity index is 1.79. The van der Waals surface area contributed by atoms with E-state index in [0.717, 1.165) is 26.7 Å². The molecule has 2 heteroatoms. The fourth-order valence-electron chi connectivity index (χ4n) is 3.57. The minimum absolute atomic E-state index is 0.858. The first-order valence-electron chi connectivity index (χ1n) is 9.94. The molecule has 1 nitrogen and oxygen atoms in total. The molecule has 4 rings (SSSR count). The van der Waals surface area contributed by atoms with Crippen molar-refractivity contribution in [2.75, 3.05) is 0 Å². The van der Waals surface area contributed by atoms with E-state index in [1.165, 1.54) is 0 Å². The van der Waals surface area contributed by atoms with E-state index in [1.54, 1.807) is 0 Å². The van der Waals surface area contributed by atoms with Crippen LogP contribution in [0.15, 0.2) is 121 Å². The van der Waals surface area contributed by atoms with Crippen LogP contribution in [0.25, 0.3) is 6.08 Å². The second kappa shape index (κ2) is 9.24. The Morgan fingerprint density at radius 1 is 0.600 bits per heavy atom. The molecule has 0 spiro atoms. The number of rotatable bonds is 4. The highest BCUT2D eigenvalue weighted by molar-refractivity contribution is 7.06. The van der Waals surface area contributed by atoms with E-state index in [4.69, 9.17) is 0 Å². The molecule has 0 radical (unpaired) electrons. The van der Waals surface area contributed by atoms with E-state index >= 15 is 0 Å². The minimum Gasteiger partial charge on any atom is -0.421 e. The van der Waals surface area contributed by atoms with Gasteiger partial charge in [0, 0.05) is 5.56 Å². The van der Waals surface area contributed by atoms with Gasteiger partial charge < -0.3 is 4.80 Å². The average molecular weight is 403 g/mol. The van der Waals surface area contributed by atoms with Crippen LogP contribution >= 0.6 is 0 Å². The van der Waals surface area contributed by atoms with Crippen LogP contribution < -0.4 is 15.6 Å². The van der Waals surface area contributed by atoms with E-state index in [2.05, 4.69) is 11.8 Å². The first-order chi connectivity index (χ1) is 14.8. The lowest BCUT2D eigenvalue weighted by molar-refractivity contribution is 0.583. The highest BCUT2D eigenvalue weighted by Gasteiger charge is 2.39. The maximum absolute atomic E-state index is 12.2. The third-order valence-electron chi connectivity index (χ3n) is 5.07. The first-order valence-corrected chi connectivity index (χ1v) is 11.9. The van der Waals surface area contributed by atoms with Crippen molar-refractivity contribution in [1.29, 1.82) is 0 Å². The summed E-state index contributed by atoms with van der Waals surface area (Å²) in [6, 6.07) is 38.0. The number of hydrogen-bond donors (Lipinski definition) is 1. The second-order valence-electron chi connectivity index (χ2n) is 7.00. The molecule has 0 atom stereocenters. The Morgan fingerprint density at radius 3 is 1.70 bits per heavy atom. The van der Waals surface area contributed by atoms with Gasteiger partial charge in [0.2, 0.25) is 0 Å². The normalized spacial score (nSPS) is 11.1. The Hall–Kier alpha value is -3.64. The summed E-state index contributed by atoms with van der Waals surface area (Å²) in [5.41, 5.74) is 1.97. The molecule has 0 aromatic heterocycles. The van der Waals surface area contributed by atoms with E-state index in [-0.39, 0.29) is 0 Å². The molecule has 0 aliphatic heterocycles. The lowest BCUT2D eigenvalue weighted by Gasteiger charge is -2.28. The van der Waals surface area contributed by atoms with Crippen molar-refractivity contribution in [3.05, 3.63) is 132 Å². The Morgan fingerprint density at radius 2 is 1.10 bits per heavy atom. The quantitative estimate of drug-likeness (QED) is 0.313. The summed E-state index contributed by atoms with van der Waals surface area (Å²) >= 11 is 0. The first kappa shape index (κ1) is 19.7. The van der Waals surface area contributed by atoms with Gasteiger partial charge in [0.05, 0.1) is 0 Å². The Kier molecular flexibility index (Phi) is 6.05. The highest BCUT2D eigenvalue weighted by Crippen LogP contribution is 2.08. The van der Waals surface area contributed by atoms with Crippen molar-refractivity contribution in [2.45, 2.75) is 0 Å². The lowest BCUT2D eigenvalue weighted by Crippen LogP contribution is -2.68. The van der Waals surface area contributed by atoms with Gasteiger partial charge >= 0.3 is 0 Å². The van der Waals surface area contributed by atoms with Gasteiger partial charge in [-0.15, -0.1) is 0 Å². The van der Waals surface area contributed by atoms with Crippen molar-refractivity contribution in [3.8, 4) is 11.8 Å². The van der Waals surface area contributed by atoms with Crippen LogP contribution in [0, 0.1) is 11.8 Å². The topological polar surface area (TPSA) is 20.2 Å². The van der Waals surface area contributed by atoms with Crippen LogP contribution in [0.1, 0.15) is 11.1 Å². The van der Waals surface area contributed by atoms with Crippen LogP contribution in [0.4, 0.5) is 0 Å². The molecular weight excluding hydrogens is 380 g/mol. The highest BCUT2D eigenvalue weighted by atomic mass is 28.4. The number of benzene rings is 4. The van der Waals surface area contributed by atoms with Crippen molar-refractivity contribution in [1.82, 2.24) is 0 Å². The molecule has 0 fully saturated rings. The van der Waals surface area contributed by atoms with Gasteiger partial charge in [-0.1, -0.05) is 121 Å². The largest absolute Gasteiger partial charge is 0.421 e.